The molecule has 2 atom stereocenters. The summed E-state index contributed by atoms with van der Waals surface area (Å²) < 4.78 is 0. The molecule has 1 saturated carbocycles. The summed E-state index contributed by atoms with van der Waals surface area (Å²) in [5.74, 6) is 0.902. The molecule has 84 valence electrons. The van der Waals surface area contributed by atoms with Crippen molar-refractivity contribution in [3.63, 3.8) is 0 Å². The number of rotatable bonds is 1. The summed E-state index contributed by atoms with van der Waals surface area (Å²) in [5.41, 5.74) is 0. The summed E-state index contributed by atoms with van der Waals surface area (Å²) >= 11 is 0. The molecule has 1 saturated heterocycles. The average Bonchev–Trinajstić information content (AvgIpc) is 2.17. The van der Waals surface area contributed by atoms with Crippen LogP contribution in [0.4, 0.5) is 0 Å². The van der Waals surface area contributed by atoms with Gasteiger partial charge in [0.25, 0.3) is 0 Å². The Balaban J connectivity index is 1.97. The van der Waals surface area contributed by atoms with Crippen molar-refractivity contribution in [3.8, 4) is 0 Å². The highest BCUT2D eigenvalue weighted by atomic mass is 16.2. The van der Waals surface area contributed by atoms with Crippen LogP contribution in [0.5, 0.6) is 0 Å². The Morgan fingerprint density at radius 2 is 2.07 bits per heavy atom. The van der Waals surface area contributed by atoms with Crippen LogP contribution < -0.4 is 0 Å². The Kier molecular flexibility index (Phi) is 3.08. The minimum absolute atomic E-state index is 0.0605. The summed E-state index contributed by atoms with van der Waals surface area (Å²) in [7, 11) is 0. The van der Waals surface area contributed by atoms with Crippen LogP contribution in [-0.4, -0.2) is 29.2 Å². The molecule has 3 nitrogen and oxygen atoms in total. The molecule has 0 aromatic carbocycles. The number of hydrogen-bond donors (Lipinski definition) is 0. The zero-order chi connectivity index (χ0) is 10.8. The molecule has 2 unspecified atom stereocenters. The molecular weight excluding hydrogens is 190 g/mol. The van der Waals surface area contributed by atoms with Crippen molar-refractivity contribution in [1.82, 2.24) is 4.90 Å². The van der Waals surface area contributed by atoms with E-state index in [1.54, 1.807) is 0 Å². The maximum Gasteiger partial charge on any atom is 0.230 e. The van der Waals surface area contributed by atoms with Crippen molar-refractivity contribution in [2.24, 2.45) is 5.92 Å². The quantitative estimate of drug-likeness (QED) is 0.617. The monoisotopic (exact) mass is 209 g/mol. The van der Waals surface area contributed by atoms with Gasteiger partial charge in [0.15, 0.2) is 0 Å². The van der Waals surface area contributed by atoms with Gasteiger partial charge in [-0.2, -0.15) is 0 Å². The number of piperidine rings is 1. The Morgan fingerprint density at radius 1 is 1.27 bits per heavy atom. The van der Waals surface area contributed by atoms with Crippen LogP contribution in [0.2, 0.25) is 0 Å². The molecule has 1 heterocycles. The average molecular weight is 209 g/mol. The fraction of sp³-hybridized carbons (Fsp3) is 0.833. The summed E-state index contributed by atoms with van der Waals surface area (Å²) in [4.78, 5) is 24.8. The van der Waals surface area contributed by atoms with E-state index in [-0.39, 0.29) is 18.1 Å². The van der Waals surface area contributed by atoms with Gasteiger partial charge in [0.2, 0.25) is 5.91 Å². The SMILES string of the molecule is CC1CCCC(N2CCC(=O)CC2=O)C1. The second-order valence-electron chi connectivity index (χ2n) is 4.98. The maximum atomic E-state index is 11.7. The normalized spacial score (nSPS) is 33.3. The van der Waals surface area contributed by atoms with Gasteiger partial charge in [-0.15, -0.1) is 0 Å². The highest BCUT2D eigenvalue weighted by Crippen LogP contribution is 2.28. The maximum absolute atomic E-state index is 11.7. The van der Waals surface area contributed by atoms with Crippen molar-refractivity contribution in [2.75, 3.05) is 6.54 Å². The molecule has 15 heavy (non-hydrogen) atoms. The molecule has 2 rings (SSSR count). The zero-order valence-corrected chi connectivity index (χ0v) is 9.37. The molecule has 0 spiro atoms. The van der Waals surface area contributed by atoms with E-state index in [4.69, 9.17) is 0 Å². The van der Waals surface area contributed by atoms with Crippen molar-refractivity contribution in [1.29, 1.82) is 0 Å². The molecule has 2 aliphatic rings. The molecule has 1 aliphatic heterocycles. The number of likely N-dealkylation sites (tertiary alicyclic amines) is 1. The molecule has 0 N–H and O–H groups in total. The third kappa shape index (κ3) is 2.39. The van der Waals surface area contributed by atoms with Crippen LogP contribution in [-0.2, 0) is 9.59 Å². The predicted octanol–water partition coefficient (Wildman–Crippen LogP) is 1.76. The van der Waals surface area contributed by atoms with Gasteiger partial charge in [-0.1, -0.05) is 19.8 Å². The topological polar surface area (TPSA) is 37.4 Å². The lowest BCUT2D eigenvalue weighted by Crippen LogP contribution is -2.47. The first-order chi connectivity index (χ1) is 7.16. The van der Waals surface area contributed by atoms with E-state index in [0.29, 0.717) is 19.0 Å². The lowest BCUT2D eigenvalue weighted by Gasteiger charge is -2.38. The Morgan fingerprint density at radius 3 is 2.73 bits per heavy atom. The third-order valence-corrected chi connectivity index (χ3v) is 3.65. The number of hydrogen-bond acceptors (Lipinski definition) is 2. The van der Waals surface area contributed by atoms with E-state index in [9.17, 15) is 9.59 Å². The summed E-state index contributed by atoms with van der Waals surface area (Å²) in [6.07, 6.45) is 5.48. The number of nitrogens with zero attached hydrogens (tertiary/aromatic N) is 1. The van der Waals surface area contributed by atoms with Crippen molar-refractivity contribution < 1.29 is 9.59 Å². The number of ketones is 1. The molecule has 0 radical (unpaired) electrons. The molecule has 2 fully saturated rings. The van der Waals surface area contributed by atoms with Gasteiger partial charge in [-0.25, -0.2) is 0 Å². The Bertz CT molecular complexity index is 275. The van der Waals surface area contributed by atoms with Gasteiger partial charge in [0.05, 0.1) is 6.42 Å². The van der Waals surface area contributed by atoms with Crippen LogP contribution in [0, 0.1) is 5.92 Å². The molecular formula is C12H19NO2. The van der Waals surface area contributed by atoms with Gasteiger partial charge in [0, 0.05) is 19.0 Å². The van der Waals surface area contributed by atoms with Gasteiger partial charge < -0.3 is 4.90 Å². The molecule has 1 amide bonds. The van der Waals surface area contributed by atoms with Crippen LogP contribution in [0.15, 0.2) is 0 Å². The van der Waals surface area contributed by atoms with E-state index in [1.165, 1.54) is 12.8 Å². The second-order valence-corrected chi connectivity index (χ2v) is 4.98. The smallest absolute Gasteiger partial charge is 0.230 e. The van der Waals surface area contributed by atoms with Gasteiger partial charge in [-0.05, 0) is 18.8 Å². The molecule has 0 aromatic heterocycles. The first kappa shape index (κ1) is 10.7. The number of amides is 1. The standard InChI is InChI=1S/C12H19NO2/c1-9-3-2-4-10(7-9)13-6-5-11(14)8-12(13)15/h9-10H,2-8H2,1H3. The van der Waals surface area contributed by atoms with Gasteiger partial charge in [0.1, 0.15) is 5.78 Å². The third-order valence-electron chi connectivity index (χ3n) is 3.65. The van der Waals surface area contributed by atoms with Crippen LogP contribution >= 0.6 is 0 Å². The van der Waals surface area contributed by atoms with Gasteiger partial charge >= 0.3 is 0 Å². The van der Waals surface area contributed by atoms with Crippen LogP contribution in [0.25, 0.3) is 0 Å². The molecule has 1 aliphatic carbocycles. The predicted molar refractivity (Wildman–Crippen MR) is 57.4 cm³/mol. The number of carbonyl (C=O) groups is 2. The van der Waals surface area contributed by atoms with Crippen LogP contribution in [0.3, 0.4) is 0 Å². The summed E-state index contributed by atoms with van der Waals surface area (Å²) in [5, 5.41) is 0. The minimum Gasteiger partial charge on any atom is -0.339 e. The molecule has 0 aromatic rings. The fourth-order valence-corrected chi connectivity index (χ4v) is 2.80. The summed E-state index contributed by atoms with van der Waals surface area (Å²) in [6.45, 7) is 2.92. The summed E-state index contributed by atoms with van der Waals surface area (Å²) in [6, 6.07) is 0.411. The van der Waals surface area contributed by atoms with Crippen molar-refractivity contribution >= 4 is 11.7 Å². The Labute approximate surface area is 90.8 Å². The van der Waals surface area contributed by atoms with Crippen LogP contribution in [0.1, 0.15) is 45.4 Å². The number of carbonyl (C=O) groups excluding carboxylic acids is 2. The van der Waals surface area contributed by atoms with E-state index in [2.05, 4.69) is 6.92 Å². The Hall–Kier alpha value is -0.860. The first-order valence-corrected chi connectivity index (χ1v) is 5.98. The first-order valence-electron chi connectivity index (χ1n) is 5.98. The van der Waals surface area contributed by atoms with Gasteiger partial charge in [-0.3, -0.25) is 9.59 Å². The zero-order valence-electron chi connectivity index (χ0n) is 9.37. The van der Waals surface area contributed by atoms with E-state index in [0.717, 1.165) is 18.8 Å². The van der Waals surface area contributed by atoms with E-state index < -0.39 is 0 Å². The van der Waals surface area contributed by atoms with E-state index in [1.807, 2.05) is 4.90 Å². The largest absolute Gasteiger partial charge is 0.339 e. The highest BCUT2D eigenvalue weighted by molar-refractivity contribution is 6.00. The fourth-order valence-electron chi connectivity index (χ4n) is 2.80. The molecule has 0 bridgehead atoms. The second kappa shape index (κ2) is 4.33. The van der Waals surface area contributed by atoms with Crippen molar-refractivity contribution in [3.05, 3.63) is 0 Å². The van der Waals surface area contributed by atoms with E-state index >= 15 is 0 Å². The molecule has 3 heteroatoms. The minimum atomic E-state index is 0.0605. The lowest BCUT2D eigenvalue weighted by molar-refractivity contribution is -0.142. The number of Topliss-reactive ketones (excluding diaryl/α,β-unsaturated/α-hetero) is 1. The highest BCUT2D eigenvalue weighted by Gasteiger charge is 2.31. The lowest BCUT2D eigenvalue weighted by atomic mass is 9.85. The van der Waals surface area contributed by atoms with Crippen molar-refractivity contribution in [2.45, 2.75) is 51.5 Å².